The summed E-state index contributed by atoms with van der Waals surface area (Å²) in [6.45, 7) is 1.01. The molecule has 0 unspecified atom stereocenters. The Balaban J connectivity index is 1.34. The highest BCUT2D eigenvalue weighted by Crippen LogP contribution is 2.35. The van der Waals surface area contributed by atoms with Crippen molar-refractivity contribution in [1.82, 2.24) is 0 Å². The van der Waals surface area contributed by atoms with E-state index in [-0.39, 0.29) is 18.4 Å². The maximum Gasteiger partial charge on any atom is 0.265 e. The van der Waals surface area contributed by atoms with Gasteiger partial charge in [-0.15, -0.1) is 0 Å². The van der Waals surface area contributed by atoms with Gasteiger partial charge in [0.05, 0.1) is 26.5 Å². The number of unbranched alkanes of at least 4 members (excludes halogenated alkanes) is 1. The molecule has 0 aromatic heterocycles. The largest absolute Gasteiger partial charge is 0.494 e. The molecule has 0 bridgehead atoms. The third-order valence-corrected chi connectivity index (χ3v) is 6.11. The molecule has 1 aliphatic heterocycles. The normalized spacial score (nSPS) is 12.6. The summed E-state index contributed by atoms with van der Waals surface area (Å²) in [4.78, 5) is 26.9. The minimum Gasteiger partial charge on any atom is -0.494 e. The fourth-order valence-corrected chi connectivity index (χ4v) is 4.06. The Morgan fingerprint density at radius 3 is 2.58 bits per heavy atom. The maximum absolute atomic E-state index is 12.6. The molecule has 1 heterocycles. The number of nitrogens with zero attached hydrogens (tertiary/aromatic N) is 1. The first-order valence-electron chi connectivity index (χ1n) is 12.1. The summed E-state index contributed by atoms with van der Waals surface area (Å²) in [5.74, 6) is 2.09. The number of benzene rings is 3. The average Bonchev–Trinajstić information content (AvgIpc) is 2.93. The third-order valence-electron chi connectivity index (χ3n) is 5.86. The smallest absolute Gasteiger partial charge is 0.265 e. The molecule has 0 spiro atoms. The lowest BCUT2D eigenvalue weighted by Crippen LogP contribution is -2.39. The van der Waals surface area contributed by atoms with E-state index in [0.29, 0.717) is 46.8 Å². The average molecular weight is 537 g/mol. The summed E-state index contributed by atoms with van der Waals surface area (Å²) >= 11 is 5.90. The van der Waals surface area contributed by atoms with Crippen molar-refractivity contribution in [3.05, 3.63) is 77.3 Å². The third kappa shape index (κ3) is 6.98. The lowest BCUT2D eigenvalue weighted by molar-refractivity contribution is -0.121. The van der Waals surface area contributed by atoms with Crippen LogP contribution in [-0.2, 0) is 9.59 Å². The second-order valence-electron chi connectivity index (χ2n) is 8.46. The molecule has 0 saturated heterocycles. The van der Waals surface area contributed by atoms with Crippen LogP contribution < -0.4 is 29.2 Å². The van der Waals surface area contributed by atoms with E-state index in [1.165, 1.54) is 6.08 Å². The highest BCUT2D eigenvalue weighted by molar-refractivity contribution is 6.30. The number of hydrogen-bond acceptors (Lipinski definition) is 6. The van der Waals surface area contributed by atoms with Crippen LogP contribution in [0.15, 0.2) is 66.7 Å². The molecule has 8 nitrogen and oxygen atoms in total. The number of nitrogens with one attached hydrogen (secondary N) is 1. The van der Waals surface area contributed by atoms with Crippen molar-refractivity contribution in [2.24, 2.45) is 0 Å². The van der Waals surface area contributed by atoms with Gasteiger partial charge in [0.15, 0.2) is 18.1 Å². The van der Waals surface area contributed by atoms with Crippen molar-refractivity contribution in [3.8, 4) is 23.0 Å². The molecular formula is C29H29ClN2O6. The number of hydrogen-bond donors (Lipinski definition) is 1. The molecule has 1 aliphatic rings. The van der Waals surface area contributed by atoms with Crippen LogP contribution in [0, 0.1) is 0 Å². The number of methoxy groups -OCH3 is 2. The maximum atomic E-state index is 12.6. The highest BCUT2D eigenvalue weighted by Gasteiger charge is 2.25. The number of fused-ring (bicyclic) bond motifs is 1. The molecule has 38 heavy (non-hydrogen) atoms. The number of rotatable bonds is 11. The second-order valence-corrected chi connectivity index (χ2v) is 8.90. The van der Waals surface area contributed by atoms with Gasteiger partial charge >= 0.3 is 0 Å². The molecule has 0 aliphatic carbocycles. The van der Waals surface area contributed by atoms with Gasteiger partial charge in [-0.05, 0) is 79.1 Å². The minimum atomic E-state index is -0.311. The molecule has 0 fully saturated rings. The van der Waals surface area contributed by atoms with Crippen molar-refractivity contribution in [2.75, 3.05) is 44.2 Å². The lowest BCUT2D eigenvalue weighted by atomic mass is 10.1. The number of ether oxygens (including phenoxy) is 4. The molecule has 4 rings (SSSR count). The first-order chi connectivity index (χ1) is 18.5. The van der Waals surface area contributed by atoms with Crippen LogP contribution in [0.25, 0.3) is 6.08 Å². The molecule has 2 amide bonds. The van der Waals surface area contributed by atoms with E-state index >= 15 is 0 Å². The van der Waals surface area contributed by atoms with Gasteiger partial charge < -0.3 is 29.2 Å². The summed E-state index contributed by atoms with van der Waals surface area (Å²) in [5, 5.41) is 3.50. The molecule has 0 saturated carbocycles. The van der Waals surface area contributed by atoms with Crippen LogP contribution >= 0.6 is 11.6 Å². The summed E-state index contributed by atoms with van der Waals surface area (Å²) < 4.78 is 21.9. The molecule has 9 heteroatoms. The van der Waals surface area contributed by atoms with Crippen LogP contribution in [0.2, 0.25) is 5.02 Å². The Morgan fingerprint density at radius 1 is 1.03 bits per heavy atom. The Labute approximate surface area is 226 Å². The molecule has 3 aromatic rings. The van der Waals surface area contributed by atoms with Crippen LogP contribution in [-0.4, -0.2) is 45.8 Å². The summed E-state index contributed by atoms with van der Waals surface area (Å²) in [6, 6.07) is 17.8. The summed E-state index contributed by atoms with van der Waals surface area (Å²) in [5.41, 5.74) is 1.97. The van der Waals surface area contributed by atoms with Crippen molar-refractivity contribution in [1.29, 1.82) is 0 Å². The zero-order valence-corrected chi connectivity index (χ0v) is 22.0. The van der Waals surface area contributed by atoms with Gasteiger partial charge in [-0.3, -0.25) is 9.59 Å². The molecule has 1 N–H and O–H groups in total. The molecular weight excluding hydrogens is 508 g/mol. The summed E-state index contributed by atoms with van der Waals surface area (Å²) in [6.07, 6.45) is 4.62. The van der Waals surface area contributed by atoms with Gasteiger partial charge in [0, 0.05) is 23.3 Å². The fraction of sp³-hybridized carbons (Fsp3) is 0.241. The Morgan fingerprint density at radius 2 is 1.82 bits per heavy atom. The number of carbonyl (C=O) groups is 2. The van der Waals surface area contributed by atoms with Crippen molar-refractivity contribution >= 4 is 40.9 Å². The van der Waals surface area contributed by atoms with Crippen molar-refractivity contribution < 1.29 is 28.5 Å². The quantitative estimate of drug-likeness (QED) is 0.254. The Hall–Kier alpha value is -4.17. The van der Waals surface area contributed by atoms with E-state index in [4.69, 9.17) is 30.5 Å². The van der Waals surface area contributed by atoms with Gasteiger partial charge in [-0.2, -0.15) is 0 Å². The van der Waals surface area contributed by atoms with Crippen LogP contribution in [0.3, 0.4) is 0 Å². The standard InChI is InChI=1S/C29H29ClN2O6/c1-35-26-12-5-20(17-27(26)36-2)6-14-28(33)31-22-9-13-25-24(18-22)32(29(34)19-38-25)15-3-4-16-37-23-10-7-21(30)8-11-23/h5-14,17-18H,3-4,15-16,19H2,1-2H3,(H,31,33)/b14-6+. The second kappa shape index (κ2) is 12.9. The van der Waals surface area contributed by atoms with E-state index in [1.54, 1.807) is 67.7 Å². The van der Waals surface area contributed by atoms with E-state index in [2.05, 4.69) is 5.32 Å². The molecule has 0 radical (unpaired) electrons. The molecule has 3 aromatic carbocycles. The SMILES string of the molecule is COc1ccc(/C=C/C(=O)Nc2ccc3c(c2)N(CCCCOc2ccc(Cl)cc2)C(=O)CO3)cc1OC. The number of anilines is 2. The van der Waals surface area contributed by atoms with E-state index in [0.717, 1.165) is 24.2 Å². The van der Waals surface area contributed by atoms with Crippen molar-refractivity contribution in [2.45, 2.75) is 12.8 Å². The zero-order valence-electron chi connectivity index (χ0n) is 21.2. The van der Waals surface area contributed by atoms with Gasteiger partial charge in [-0.1, -0.05) is 17.7 Å². The summed E-state index contributed by atoms with van der Waals surface area (Å²) in [7, 11) is 3.12. The Bertz CT molecular complexity index is 1310. The van der Waals surface area contributed by atoms with Crippen LogP contribution in [0.4, 0.5) is 11.4 Å². The Kier molecular flexibility index (Phi) is 9.11. The predicted octanol–water partition coefficient (Wildman–Crippen LogP) is 5.59. The van der Waals surface area contributed by atoms with E-state index < -0.39 is 0 Å². The lowest BCUT2D eigenvalue weighted by Gasteiger charge is -2.30. The van der Waals surface area contributed by atoms with E-state index in [9.17, 15) is 9.59 Å². The van der Waals surface area contributed by atoms with Crippen LogP contribution in [0.1, 0.15) is 18.4 Å². The molecule has 0 atom stereocenters. The minimum absolute atomic E-state index is 0.0198. The fourth-order valence-electron chi connectivity index (χ4n) is 3.93. The van der Waals surface area contributed by atoms with Crippen molar-refractivity contribution in [3.63, 3.8) is 0 Å². The molecule has 198 valence electrons. The topological polar surface area (TPSA) is 86.3 Å². The number of halogens is 1. The first kappa shape index (κ1) is 26.9. The predicted molar refractivity (Wildman–Crippen MR) is 148 cm³/mol. The first-order valence-corrected chi connectivity index (χ1v) is 12.5. The monoisotopic (exact) mass is 536 g/mol. The number of carbonyl (C=O) groups excluding carboxylic acids is 2. The van der Waals surface area contributed by atoms with Gasteiger partial charge in [0.2, 0.25) is 5.91 Å². The van der Waals surface area contributed by atoms with Gasteiger partial charge in [0.25, 0.3) is 5.91 Å². The van der Waals surface area contributed by atoms with Gasteiger partial charge in [-0.25, -0.2) is 0 Å². The van der Waals surface area contributed by atoms with E-state index in [1.807, 2.05) is 18.2 Å². The zero-order chi connectivity index (χ0) is 26.9. The number of amides is 2. The van der Waals surface area contributed by atoms with Gasteiger partial charge in [0.1, 0.15) is 11.5 Å². The van der Waals surface area contributed by atoms with Crippen LogP contribution in [0.5, 0.6) is 23.0 Å². The highest BCUT2D eigenvalue weighted by atomic mass is 35.5.